The average molecular weight is 252 g/mol. The highest BCUT2D eigenvalue weighted by Gasteiger charge is 2.68. The van der Waals surface area contributed by atoms with Crippen molar-refractivity contribution in [1.82, 2.24) is 0 Å². The zero-order valence-corrected chi connectivity index (χ0v) is 11.4. The Kier molecular flexibility index (Phi) is 2.74. The van der Waals surface area contributed by atoms with E-state index in [2.05, 4.69) is 33.0 Å². The molecule has 1 N–H and O–H groups in total. The fourth-order valence-corrected chi connectivity index (χ4v) is 2.82. The van der Waals surface area contributed by atoms with Crippen molar-refractivity contribution in [3.8, 4) is 0 Å². The summed E-state index contributed by atoms with van der Waals surface area (Å²) in [7, 11) is 0. The van der Waals surface area contributed by atoms with Crippen LogP contribution in [0.4, 0.5) is 5.69 Å². The van der Waals surface area contributed by atoms with Crippen molar-refractivity contribution in [3.63, 3.8) is 0 Å². The molecule has 0 saturated heterocycles. The first-order valence-corrected chi connectivity index (χ1v) is 6.21. The molecule has 0 heterocycles. The summed E-state index contributed by atoms with van der Waals surface area (Å²) < 4.78 is 0. The van der Waals surface area contributed by atoms with Crippen LogP contribution < -0.4 is 5.32 Å². The molecular formula is C14H18ClNO. The van der Waals surface area contributed by atoms with Crippen LogP contribution in [0.1, 0.15) is 27.7 Å². The van der Waals surface area contributed by atoms with Gasteiger partial charge < -0.3 is 5.32 Å². The minimum atomic E-state index is 0.0639. The van der Waals surface area contributed by atoms with E-state index in [0.29, 0.717) is 5.02 Å². The van der Waals surface area contributed by atoms with Crippen LogP contribution in [0.5, 0.6) is 0 Å². The Hall–Kier alpha value is -1.02. The Morgan fingerprint density at radius 3 is 2.29 bits per heavy atom. The minimum absolute atomic E-state index is 0.0639. The number of carbonyl (C=O) groups excluding carboxylic acids is 1. The lowest BCUT2D eigenvalue weighted by molar-refractivity contribution is -0.118. The van der Waals surface area contributed by atoms with E-state index in [1.165, 1.54) is 0 Å². The standard InChI is InChI=1S/C14H18ClNO/c1-13(2)11(14(13,3)4)12(17)16-10-7-5-6-9(15)8-10/h5-8,11H,1-4H3,(H,16,17). The van der Waals surface area contributed by atoms with Gasteiger partial charge in [0.05, 0.1) is 0 Å². The van der Waals surface area contributed by atoms with Gasteiger partial charge in [-0.1, -0.05) is 45.4 Å². The molecule has 1 aromatic carbocycles. The normalized spacial score (nSPS) is 21.0. The molecule has 1 aliphatic rings. The molecular weight excluding hydrogens is 234 g/mol. The van der Waals surface area contributed by atoms with Gasteiger partial charge in [0, 0.05) is 16.6 Å². The first kappa shape index (κ1) is 12.4. The Balaban J connectivity index is 2.10. The highest BCUT2D eigenvalue weighted by molar-refractivity contribution is 6.30. The van der Waals surface area contributed by atoms with Gasteiger partial charge in [0.25, 0.3) is 0 Å². The first-order chi connectivity index (χ1) is 7.76. The maximum Gasteiger partial charge on any atom is 0.228 e. The first-order valence-electron chi connectivity index (χ1n) is 5.83. The lowest BCUT2D eigenvalue weighted by atomic mass is 10.0. The SMILES string of the molecule is CC1(C)C(C(=O)Nc2cccc(Cl)c2)C1(C)C. The molecule has 0 bridgehead atoms. The summed E-state index contributed by atoms with van der Waals surface area (Å²) in [6.07, 6.45) is 0. The third-order valence-electron chi connectivity index (χ3n) is 4.38. The number of hydrogen-bond acceptors (Lipinski definition) is 1. The van der Waals surface area contributed by atoms with Crippen molar-refractivity contribution in [3.05, 3.63) is 29.3 Å². The highest BCUT2D eigenvalue weighted by Crippen LogP contribution is 2.68. The third-order valence-corrected chi connectivity index (χ3v) is 4.61. The number of nitrogens with one attached hydrogen (secondary N) is 1. The summed E-state index contributed by atoms with van der Waals surface area (Å²) in [5.41, 5.74) is 0.895. The maximum absolute atomic E-state index is 12.2. The van der Waals surface area contributed by atoms with Crippen molar-refractivity contribution in [2.24, 2.45) is 16.7 Å². The van der Waals surface area contributed by atoms with Gasteiger partial charge >= 0.3 is 0 Å². The van der Waals surface area contributed by atoms with Gasteiger partial charge in [-0.15, -0.1) is 0 Å². The van der Waals surface area contributed by atoms with Gasteiger partial charge in [-0.2, -0.15) is 0 Å². The number of carbonyl (C=O) groups is 1. The van der Waals surface area contributed by atoms with E-state index < -0.39 is 0 Å². The van der Waals surface area contributed by atoms with Gasteiger partial charge in [-0.3, -0.25) is 4.79 Å². The largest absolute Gasteiger partial charge is 0.326 e. The Morgan fingerprint density at radius 2 is 1.82 bits per heavy atom. The monoisotopic (exact) mass is 251 g/mol. The van der Waals surface area contributed by atoms with Crippen molar-refractivity contribution >= 4 is 23.2 Å². The second kappa shape index (κ2) is 3.74. The molecule has 0 aliphatic heterocycles. The molecule has 1 amide bonds. The van der Waals surface area contributed by atoms with E-state index in [-0.39, 0.29) is 22.7 Å². The molecule has 0 radical (unpaired) electrons. The molecule has 1 saturated carbocycles. The molecule has 0 aromatic heterocycles. The molecule has 1 aliphatic carbocycles. The van der Waals surface area contributed by atoms with E-state index in [0.717, 1.165) is 5.69 Å². The van der Waals surface area contributed by atoms with Crippen LogP contribution in [0.3, 0.4) is 0 Å². The quantitative estimate of drug-likeness (QED) is 0.847. The van der Waals surface area contributed by atoms with E-state index in [1.54, 1.807) is 12.1 Å². The van der Waals surface area contributed by atoms with Crippen LogP contribution in [0.25, 0.3) is 0 Å². The van der Waals surface area contributed by atoms with Crippen LogP contribution in [0.2, 0.25) is 5.02 Å². The number of hydrogen-bond donors (Lipinski definition) is 1. The molecule has 1 fully saturated rings. The highest BCUT2D eigenvalue weighted by atomic mass is 35.5. The van der Waals surface area contributed by atoms with Crippen molar-refractivity contribution in [2.45, 2.75) is 27.7 Å². The molecule has 17 heavy (non-hydrogen) atoms. The van der Waals surface area contributed by atoms with E-state index in [4.69, 9.17) is 11.6 Å². The zero-order valence-electron chi connectivity index (χ0n) is 10.7. The second-order valence-corrected chi connectivity index (χ2v) is 6.31. The van der Waals surface area contributed by atoms with Crippen molar-refractivity contribution < 1.29 is 4.79 Å². The van der Waals surface area contributed by atoms with Crippen LogP contribution in [-0.2, 0) is 4.79 Å². The number of amides is 1. The van der Waals surface area contributed by atoms with E-state index in [9.17, 15) is 4.79 Å². The molecule has 0 unspecified atom stereocenters. The molecule has 2 rings (SSSR count). The summed E-state index contributed by atoms with van der Waals surface area (Å²) in [6.45, 7) is 8.54. The molecule has 0 atom stereocenters. The second-order valence-electron chi connectivity index (χ2n) is 5.88. The Labute approximate surface area is 107 Å². The molecule has 92 valence electrons. The van der Waals surface area contributed by atoms with Crippen molar-refractivity contribution in [1.29, 1.82) is 0 Å². The van der Waals surface area contributed by atoms with E-state index >= 15 is 0 Å². The lowest BCUT2D eigenvalue weighted by Crippen LogP contribution is -2.17. The third kappa shape index (κ3) is 1.95. The molecule has 0 spiro atoms. The number of halogens is 1. The van der Waals surface area contributed by atoms with Crippen LogP contribution >= 0.6 is 11.6 Å². The minimum Gasteiger partial charge on any atom is -0.326 e. The smallest absolute Gasteiger partial charge is 0.228 e. The maximum atomic E-state index is 12.2. The lowest BCUT2D eigenvalue weighted by Gasteiger charge is -2.06. The van der Waals surface area contributed by atoms with Gasteiger partial charge in [0.2, 0.25) is 5.91 Å². The summed E-state index contributed by atoms with van der Waals surface area (Å²) in [4.78, 5) is 12.2. The molecule has 2 nitrogen and oxygen atoms in total. The van der Waals surface area contributed by atoms with E-state index in [1.807, 2.05) is 12.1 Å². The Morgan fingerprint density at radius 1 is 1.24 bits per heavy atom. The van der Waals surface area contributed by atoms with Gasteiger partial charge in [-0.05, 0) is 29.0 Å². The fraction of sp³-hybridized carbons (Fsp3) is 0.500. The summed E-state index contributed by atoms with van der Waals surface area (Å²) in [5.74, 6) is 0.149. The van der Waals surface area contributed by atoms with Gasteiger partial charge in [0.1, 0.15) is 0 Å². The fourth-order valence-electron chi connectivity index (χ4n) is 2.63. The van der Waals surface area contributed by atoms with Crippen LogP contribution in [0, 0.1) is 16.7 Å². The number of benzene rings is 1. The summed E-state index contributed by atoms with van der Waals surface area (Å²) >= 11 is 5.88. The van der Waals surface area contributed by atoms with Gasteiger partial charge in [-0.25, -0.2) is 0 Å². The van der Waals surface area contributed by atoms with Crippen molar-refractivity contribution in [2.75, 3.05) is 5.32 Å². The van der Waals surface area contributed by atoms with Crippen LogP contribution in [0.15, 0.2) is 24.3 Å². The zero-order chi connectivity index (χ0) is 12.8. The molecule has 3 heteroatoms. The van der Waals surface area contributed by atoms with Gasteiger partial charge in [0.15, 0.2) is 0 Å². The number of rotatable bonds is 2. The van der Waals surface area contributed by atoms with Crippen LogP contribution in [-0.4, -0.2) is 5.91 Å². The molecule has 1 aromatic rings. The number of anilines is 1. The predicted octanol–water partition coefficient (Wildman–Crippen LogP) is 3.96. The summed E-state index contributed by atoms with van der Waals surface area (Å²) in [5, 5.41) is 3.57. The predicted molar refractivity (Wildman–Crippen MR) is 71.1 cm³/mol. The topological polar surface area (TPSA) is 29.1 Å². The average Bonchev–Trinajstić information content (AvgIpc) is 2.56. The Bertz CT molecular complexity index is 451. The summed E-state index contributed by atoms with van der Waals surface area (Å²) in [6, 6.07) is 7.25.